The molecule has 3 heteroatoms. The Labute approximate surface area is 78.1 Å². The van der Waals surface area contributed by atoms with E-state index in [2.05, 4.69) is 0 Å². The molecule has 0 spiro atoms. The van der Waals surface area contributed by atoms with Crippen molar-refractivity contribution in [2.75, 3.05) is 0 Å². The third-order valence-electron chi connectivity index (χ3n) is 3.00. The second-order valence-electron chi connectivity index (χ2n) is 4.75. The molecule has 0 bridgehead atoms. The van der Waals surface area contributed by atoms with E-state index in [1.165, 1.54) is 0 Å². The molecule has 0 aliphatic heterocycles. The van der Waals surface area contributed by atoms with Gasteiger partial charge in [0.05, 0.1) is 6.10 Å². The molecule has 1 N–H and O–H groups in total. The Morgan fingerprint density at radius 2 is 2.00 bits per heavy atom. The topological polar surface area (TPSA) is 20.2 Å². The van der Waals surface area contributed by atoms with Crippen LogP contribution in [0.4, 0.5) is 8.78 Å². The minimum absolute atomic E-state index is 0.0870. The van der Waals surface area contributed by atoms with Gasteiger partial charge in [0.25, 0.3) is 0 Å². The molecule has 0 aromatic rings. The van der Waals surface area contributed by atoms with Crippen LogP contribution in [0.1, 0.15) is 39.5 Å². The molecule has 2 unspecified atom stereocenters. The average Bonchev–Trinajstić information content (AvgIpc) is 2.35. The summed E-state index contributed by atoms with van der Waals surface area (Å²) in [6, 6.07) is 0. The van der Waals surface area contributed by atoms with Crippen molar-refractivity contribution in [3.05, 3.63) is 0 Å². The number of rotatable bonds is 3. The molecule has 0 radical (unpaired) electrons. The summed E-state index contributed by atoms with van der Waals surface area (Å²) in [5.74, 6) is 0.0870. The summed E-state index contributed by atoms with van der Waals surface area (Å²) >= 11 is 0. The maximum atomic E-state index is 12.5. The molecule has 78 valence electrons. The van der Waals surface area contributed by atoms with E-state index >= 15 is 0 Å². The molecule has 0 aromatic heterocycles. The maximum absolute atomic E-state index is 12.5. The molecule has 1 aliphatic carbocycles. The summed E-state index contributed by atoms with van der Waals surface area (Å²) in [4.78, 5) is 0. The van der Waals surface area contributed by atoms with E-state index in [9.17, 15) is 13.9 Å². The summed E-state index contributed by atoms with van der Waals surface area (Å²) in [5, 5.41) is 9.49. The van der Waals surface area contributed by atoms with Crippen LogP contribution < -0.4 is 0 Å². The molecule has 1 nitrogen and oxygen atoms in total. The van der Waals surface area contributed by atoms with E-state index in [0.29, 0.717) is 6.42 Å². The van der Waals surface area contributed by atoms with Crippen LogP contribution in [-0.2, 0) is 0 Å². The number of hydrogen-bond acceptors (Lipinski definition) is 1. The molecular weight excluding hydrogens is 174 g/mol. The van der Waals surface area contributed by atoms with Crippen molar-refractivity contribution in [3.8, 4) is 0 Å². The van der Waals surface area contributed by atoms with Crippen molar-refractivity contribution in [1.82, 2.24) is 0 Å². The lowest BCUT2D eigenvalue weighted by molar-refractivity contribution is -0.0100. The predicted octanol–water partition coefficient (Wildman–Crippen LogP) is 2.83. The molecule has 2 atom stereocenters. The minimum atomic E-state index is -2.29. The maximum Gasteiger partial charge on any atom is 0.243 e. The van der Waals surface area contributed by atoms with Gasteiger partial charge in [-0.05, 0) is 25.2 Å². The van der Waals surface area contributed by atoms with Crippen LogP contribution in [0.25, 0.3) is 0 Å². The zero-order valence-electron chi connectivity index (χ0n) is 8.26. The van der Waals surface area contributed by atoms with Gasteiger partial charge < -0.3 is 5.11 Å². The Kier molecular flexibility index (Phi) is 3.28. The first kappa shape index (κ1) is 10.9. The van der Waals surface area contributed by atoms with Gasteiger partial charge in [-0.15, -0.1) is 0 Å². The van der Waals surface area contributed by atoms with E-state index < -0.39 is 11.8 Å². The highest BCUT2D eigenvalue weighted by atomic mass is 19.3. The van der Waals surface area contributed by atoms with Gasteiger partial charge in [0.1, 0.15) is 0 Å². The van der Waals surface area contributed by atoms with Crippen LogP contribution in [0.3, 0.4) is 0 Å². The lowest BCUT2D eigenvalue weighted by atomic mass is 9.81. The summed E-state index contributed by atoms with van der Waals surface area (Å²) in [5.41, 5.74) is -0.948. The van der Waals surface area contributed by atoms with E-state index in [1.54, 1.807) is 13.8 Å². The third kappa shape index (κ3) is 2.63. The zero-order valence-corrected chi connectivity index (χ0v) is 8.26. The van der Waals surface area contributed by atoms with Crippen LogP contribution in [0.2, 0.25) is 0 Å². The fourth-order valence-electron chi connectivity index (χ4n) is 2.02. The number of hydrogen-bond donors (Lipinski definition) is 1. The van der Waals surface area contributed by atoms with Gasteiger partial charge in [0.2, 0.25) is 6.43 Å². The number of aliphatic hydroxyl groups is 1. The predicted molar refractivity (Wildman–Crippen MR) is 47.7 cm³/mol. The lowest BCUT2D eigenvalue weighted by Gasteiger charge is -2.28. The molecule has 1 rings (SSSR count). The highest BCUT2D eigenvalue weighted by Crippen LogP contribution is 2.39. The van der Waals surface area contributed by atoms with Crippen molar-refractivity contribution in [2.24, 2.45) is 11.3 Å². The van der Waals surface area contributed by atoms with E-state index in [-0.39, 0.29) is 12.0 Å². The Balaban J connectivity index is 2.47. The molecule has 1 fully saturated rings. The summed E-state index contributed by atoms with van der Waals surface area (Å²) in [6.07, 6.45) is 0.455. The monoisotopic (exact) mass is 192 g/mol. The van der Waals surface area contributed by atoms with Gasteiger partial charge in [-0.25, -0.2) is 8.78 Å². The van der Waals surface area contributed by atoms with Crippen LogP contribution in [0.5, 0.6) is 0 Å². The van der Waals surface area contributed by atoms with Gasteiger partial charge in [0.15, 0.2) is 0 Å². The summed E-state index contributed by atoms with van der Waals surface area (Å²) in [6.45, 7) is 3.14. The normalized spacial score (nSPS) is 30.0. The second kappa shape index (κ2) is 3.91. The number of aliphatic hydroxyl groups excluding tert-OH is 1. The molecule has 0 aromatic carbocycles. The first-order valence-corrected chi connectivity index (χ1v) is 4.89. The Morgan fingerprint density at radius 1 is 1.38 bits per heavy atom. The van der Waals surface area contributed by atoms with E-state index in [0.717, 1.165) is 19.3 Å². The van der Waals surface area contributed by atoms with Crippen molar-refractivity contribution >= 4 is 0 Å². The van der Waals surface area contributed by atoms with Crippen LogP contribution in [-0.4, -0.2) is 17.6 Å². The van der Waals surface area contributed by atoms with Crippen molar-refractivity contribution in [2.45, 2.75) is 52.1 Å². The first-order chi connectivity index (χ1) is 5.93. The fraction of sp³-hybridized carbons (Fsp3) is 1.00. The van der Waals surface area contributed by atoms with E-state index in [1.807, 2.05) is 0 Å². The Bertz CT molecular complexity index is 168. The quantitative estimate of drug-likeness (QED) is 0.729. The number of halogens is 2. The molecule has 0 amide bonds. The highest BCUT2D eigenvalue weighted by Gasteiger charge is 2.36. The fourth-order valence-corrected chi connectivity index (χ4v) is 2.02. The molecule has 0 heterocycles. The van der Waals surface area contributed by atoms with Gasteiger partial charge in [-0.3, -0.25) is 0 Å². The van der Waals surface area contributed by atoms with Crippen LogP contribution in [0, 0.1) is 11.3 Å². The largest absolute Gasteiger partial charge is 0.393 e. The Hall–Kier alpha value is -0.180. The molecule has 1 aliphatic rings. The zero-order chi connectivity index (χ0) is 10.1. The summed E-state index contributed by atoms with van der Waals surface area (Å²) in [7, 11) is 0. The molecule has 1 saturated carbocycles. The van der Waals surface area contributed by atoms with Crippen molar-refractivity contribution in [1.29, 1.82) is 0 Å². The van der Waals surface area contributed by atoms with E-state index in [4.69, 9.17) is 0 Å². The standard InChI is InChI=1S/C10H18F2O/c1-10(2,9(11)12)6-7-4-3-5-8(7)13/h7-9,13H,3-6H2,1-2H3. The minimum Gasteiger partial charge on any atom is -0.393 e. The van der Waals surface area contributed by atoms with Crippen molar-refractivity contribution < 1.29 is 13.9 Å². The SMILES string of the molecule is CC(C)(CC1CCCC1O)C(F)F. The molecule has 0 saturated heterocycles. The third-order valence-corrected chi connectivity index (χ3v) is 3.00. The first-order valence-electron chi connectivity index (χ1n) is 4.89. The van der Waals surface area contributed by atoms with Gasteiger partial charge >= 0.3 is 0 Å². The lowest BCUT2D eigenvalue weighted by Crippen LogP contribution is -2.28. The molecular formula is C10H18F2O. The number of alkyl halides is 2. The van der Waals surface area contributed by atoms with Crippen LogP contribution in [0.15, 0.2) is 0 Å². The van der Waals surface area contributed by atoms with Gasteiger partial charge in [0, 0.05) is 5.41 Å². The van der Waals surface area contributed by atoms with Gasteiger partial charge in [-0.1, -0.05) is 20.3 Å². The average molecular weight is 192 g/mol. The molecule has 13 heavy (non-hydrogen) atoms. The highest BCUT2D eigenvalue weighted by molar-refractivity contribution is 4.83. The summed E-state index contributed by atoms with van der Waals surface area (Å²) < 4.78 is 25.0. The second-order valence-corrected chi connectivity index (χ2v) is 4.75. The van der Waals surface area contributed by atoms with Crippen molar-refractivity contribution in [3.63, 3.8) is 0 Å². The smallest absolute Gasteiger partial charge is 0.243 e. The van der Waals surface area contributed by atoms with Gasteiger partial charge in [-0.2, -0.15) is 0 Å². The van der Waals surface area contributed by atoms with Crippen LogP contribution >= 0.6 is 0 Å². The Morgan fingerprint density at radius 3 is 2.38 bits per heavy atom.